The topological polar surface area (TPSA) is 306 Å². The van der Waals surface area contributed by atoms with E-state index >= 15 is 0 Å². The largest absolute Gasteiger partial charge is 2.00 e. The van der Waals surface area contributed by atoms with Crippen LogP contribution in [0.5, 0.6) is 0 Å². The Morgan fingerprint density at radius 1 is 0.593 bits per heavy atom. The molecule has 0 amide bonds. The quantitative estimate of drug-likeness (QED) is 0.109. The van der Waals surface area contributed by atoms with E-state index in [9.17, 15) is 47.6 Å². The predicted octanol–water partition coefficient (Wildman–Crippen LogP) is -6.62. The van der Waals surface area contributed by atoms with Gasteiger partial charge in [0.1, 0.15) is 0 Å². The van der Waals surface area contributed by atoms with E-state index in [1.165, 1.54) is 0 Å². The Hall–Kier alpha value is 3.25. The summed E-state index contributed by atoms with van der Waals surface area (Å²) in [5, 5.41) is 24.6. The molecule has 4 N–H and O–H groups in total. The minimum Gasteiger partial charge on any atom is -0.807 e. The monoisotopic (exact) mass is 1040 g/mol. The van der Waals surface area contributed by atoms with Crippen molar-refractivity contribution in [3.05, 3.63) is 0 Å². The molecule has 0 saturated carbocycles. The van der Waals surface area contributed by atoms with Crippen molar-refractivity contribution in [2.24, 2.45) is 0 Å². The summed E-state index contributed by atoms with van der Waals surface area (Å²) >= 11 is 0. The molecule has 0 saturated heterocycles. The summed E-state index contributed by atoms with van der Waals surface area (Å²) in [7, 11) is -22.3. The van der Waals surface area contributed by atoms with Crippen molar-refractivity contribution >= 4 is 30.4 Å². The van der Waals surface area contributed by atoms with Gasteiger partial charge >= 0.3 is 83.0 Å². The Kier molecular flexibility index (Phi) is 20.6. The Morgan fingerprint density at radius 2 is 0.741 bits per heavy atom. The van der Waals surface area contributed by atoms with E-state index in [2.05, 4.69) is 9.05 Å². The Morgan fingerprint density at radius 3 is 0.778 bits per heavy atom. The van der Waals surface area contributed by atoms with Crippen LogP contribution < -0.4 is 29.4 Å². The van der Waals surface area contributed by atoms with Gasteiger partial charge in [0.2, 0.25) is 0 Å². The van der Waals surface area contributed by atoms with Crippen LogP contribution in [0.4, 0.5) is 0 Å². The van der Waals surface area contributed by atoms with Gasteiger partial charge in [-0.25, -0.2) is 0 Å². The van der Waals surface area contributed by atoms with E-state index in [0.717, 1.165) is 0 Å². The first kappa shape index (κ1) is 40.6. The van der Waals surface area contributed by atoms with Crippen molar-refractivity contribution in [2.45, 2.75) is 10.5 Å². The summed E-state index contributed by atoms with van der Waals surface area (Å²) in [6, 6.07) is 0. The molecule has 2 unspecified atom stereocenters. The Labute approximate surface area is 213 Å². The first-order valence-electron chi connectivity index (χ1n) is 4.80. The number of hydrogen-bond acceptors (Lipinski definition) is 16. The van der Waals surface area contributed by atoms with Crippen LogP contribution >= 0.6 is 30.4 Å². The van der Waals surface area contributed by atoms with Crippen LogP contribution in [0.25, 0.3) is 0 Å². The molecule has 0 aliphatic rings. The van der Waals surface area contributed by atoms with Crippen LogP contribution in [-0.2, 0) is 110 Å². The van der Waals surface area contributed by atoms with Gasteiger partial charge < -0.3 is 77.1 Å². The van der Waals surface area contributed by atoms with Gasteiger partial charge in [0.05, 0.1) is 0 Å². The van der Waals surface area contributed by atoms with Gasteiger partial charge in [0, 0.05) is 29.4 Å². The minimum absolute atomic E-state index is 0. The second-order valence-electron chi connectivity index (χ2n) is 3.56. The predicted molar refractivity (Wildman–Crippen MR) is 58.8 cm³/mol. The number of aliphatic hydroxyl groups is 4. The average molecular weight is 1040 g/mol. The molecule has 0 rings (SSSR count). The summed E-state index contributed by atoms with van der Waals surface area (Å²) < 4.78 is 47.7. The van der Waals surface area contributed by atoms with E-state index in [-0.39, 0.29) is 83.0 Å². The first-order valence-corrected chi connectivity index (χ1v) is 11.0. The van der Waals surface area contributed by atoms with E-state index in [4.69, 9.17) is 20.4 Å². The molecule has 16 nitrogen and oxygen atoms in total. The van der Waals surface area contributed by atoms with Gasteiger partial charge in [-0.05, 0) is 0 Å². The minimum atomic E-state index is -6.10. The van der Waals surface area contributed by atoms with E-state index < -0.39 is 40.9 Å². The molecule has 0 radical (unpaired) electrons. The van der Waals surface area contributed by atoms with Crippen molar-refractivity contribution in [3.63, 3.8) is 0 Å². The smallest absolute Gasteiger partial charge is 0.807 e. The maximum atomic E-state index is 10.4. The van der Waals surface area contributed by atoms with Crippen molar-refractivity contribution in [2.75, 3.05) is 14.2 Å². The molecule has 0 aliphatic carbocycles. The zero-order valence-electron chi connectivity index (χ0n) is 13.6. The zero-order valence-corrected chi connectivity index (χ0v) is 33.7. The van der Waals surface area contributed by atoms with Crippen molar-refractivity contribution in [3.8, 4) is 0 Å². The third-order valence-electron chi connectivity index (χ3n) is 1.95. The summed E-state index contributed by atoms with van der Waals surface area (Å²) in [6.45, 7) is 0. The molecule has 0 aromatic heterocycles. The van der Waals surface area contributed by atoms with Crippen LogP contribution in [0, 0.1) is 0 Å². The molecule has 0 spiro atoms. The van der Waals surface area contributed by atoms with Gasteiger partial charge in [0.15, 0.2) is 15.2 Å². The molecule has 0 bridgehead atoms. The van der Waals surface area contributed by atoms with Gasteiger partial charge in [-0.1, -0.05) is 0 Å². The third kappa shape index (κ3) is 10.6. The normalized spacial score (nSPS) is 16.7. The average Bonchev–Trinajstić information content (AvgIpc) is 2.36. The standard InChI is InChI=1S/2C2H8O8P2.3Hg/c2*1-10-12(8,9)2(3,4)11(5,6)7;;;/h2*3-4H,1H3,(H,8,9)(H2,5,6,7);;;/q;;3*+2/p-6. The third-order valence-corrected chi connectivity index (χ3v) is 8.79. The van der Waals surface area contributed by atoms with Gasteiger partial charge in [-0.3, -0.25) is 0 Å². The summed E-state index contributed by atoms with van der Waals surface area (Å²) in [6.07, 6.45) is 0. The molecule has 148 valence electrons. The fraction of sp³-hybridized carbons (Fsp3) is 1.00. The molecular formula is C4H10Hg3O16P4. The molecule has 27 heavy (non-hydrogen) atoms. The van der Waals surface area contributed by atoms with Gasteiger partial charge in [-0.2, -0.15) is 0 Å². The SMILES string of the molecule is COP(=O)([O-])C(O)(O)P(=O)([O-])[O-].COP(=O)([O-])C(O)(O)P(=O)([O-])[O-].[Hg+2].[Hg+2].[Hg+2]. The van der Waals surface area contributed by atoms with E-state index in [0.29, 0.717) is 14.2 Å². The zero-order chi connectivity index (χ0) is 20.4. The second-order valence-corrected chi connectivity index (χ2v) is 11.5. The molecule has 0 fully saturated rings. The molecule has 0 aromatic carbocycles. The first-order chi connectivity index (χ1) is 10.1. The fourth-order valence-corrected chi connectivity index (χ4v) is 3.92. The van der Waals surface area contributed by atoms with Crippen molar-refractivity contribution in [1.29, 1.82) is 0 Å². The van der Waals surface area contributed by atoms with Crippen molar-refractivity contribution in [1.82, 2.24) is 0 Å². The molecular weight excluding hydrogens is 1030 g/mol. The maximum Gasteiger partial charge on any atom is 2.00 e. The van der Waals surface area contributed by atoms with Gasteiger partial charge in [-0.15, -0.1) is 0 Å². The Balaban J connectivity index is -0.000000108. The Bertz CT molecular complexity index is 567. The van der Waals surface area contributed by atoms with E-state index in [1.54, 1.807) is 0 Å². The number of rotatable bonds is 6. The molecule has 0 aromatic rings. The van der Waals surface area contributed by atoms with Crippen LogP contribution in [0.1, 0.15) is 0 Å². The summed E-state index contributed by atoms with van der Waals surface area (Å²) in [5.74, 6) is 0. The molecule has 2 atom stereocenters. The number of hydrogen-bond donors (Lipinski definition) is 4. The summed E-state index contributed by atoms with van der Waals surface area (Å²) in [5.41, 5.74) is 0. The molecule has 0 heterocycles. The van der Waals surface area contributed by atoms with Crippen LogP contribution in [0.15, 0.2) is 0 Å². The molecule has 0 aliphatic heterocycles. The van der Waals surface area contributed by atoms with Gasteiger partial charge in [0.25, 0.3) is 10.5 Å². The fourth-order valence-electron chi connectivity index (χ4n) is 0.545. The van der Waals surface area contributed by atoms with Crippen LogP contribution in [0.3, 0.4) is 0 Å². The molecule has 23 heteroatoms. The van der Waals surface area contributed by atoms with Crippen molar-refractivity contribution < 1.29 is 160 Å². The van der Waals surface area contributed by atoms with E-state index in [1.807, 2.05) is 0 Å². The van der Waals surface area contributed by atoms with Crippen LogP contribution in [-0.4, -0.2) is 45.2 Å². The maximum absolute atomic E-state index is 10.4. The van der Waals surface area contributed by atoms with Crippen LogP contribution in [0.2, 0.25) is 0 Å². The summed E-state index contributed by atoms with van der Waals surface area (Å²) in [4.78, 5) is 60.7. The second kappa shape index (κ2) is 13.7.